The van der Waals surface area contributed by atoms with E-state index in [9.17, 15) is 4.79 Å². The summed E-state index contributed by atoms with van der Waals surface area (Å²) in [5, 5.41) is 3.58. The van der Waals surface area contributed by atoms with Crippen LogP contribution in [-0.2, 0) is 0 Å². The topological polar surface area (TPSA) is 58.4 Å². The average molecular weight is 296 g/mol. The molecule has 1 saturated heterocycles. The van der Waals surface area contributed by atoms with Gasteiger partial charge in [-0.05, 0) is 56.3 Å². The van der Waals surface area contributed by atoms with E-state index in [1.807, 2.05) is 24.0 Å². The van der Waals surface area contributed by atoms with E-state index >= 15 is 0 Å². The van der Waals surface area contributed by atoms with E-state index in [0.29, 0.717) is 10.9 Å². The van der Waals surface area contributed by atoms with Gasteiger partial charge in [0, 0.05) is 23.8 Å². The number of nitrogens with one attached hydrogen (secondary N) is 1. The minimum atomic E-state index is -0.0453. The molecule has 0 aromatic heterocycles. The normalized spacial score (nSPS) is 16.2. The number of carbonyl (C=O) groups excluding carboxylic acids is 1. The molecule has 1 aromatic carbocycles. The molecule has 0 unspecified atom stereocenters. The van der Waals surface area contributed by atoms with Crippen molar-refractivity contribution in [2.24, 2.45) is 11.7 Å². The molecule has 1 aliphatic heterocycles. The molecule has 0 spiro atoms. The van der Waals surface area contributed by atoms with Gasteiger partial charge in [0.2, 0.25) is 0 Å². The van der Waals surface area contributed by atoms with Crippen LogP contribution in [0.1, 0.15) is 24.8 Å². The van der Waals surface area contributed by atoms with Crippen LogP contribution in [0.15, 0.2) is 18.2 Å². The standard InChI is InChI=1S/C15H22ClN3O/c1-11-2-3-13(10-14(11)16)18-15(20)19-8-5-12(4-7-17)6-9-19/h2-3,10,12H,4-9,17H2,1H3,(H,18,20). The van der Waals surface area contributed by atoms with E-state index in [4.69, 9.17) is 17.3 Å². The zero-order valence-electron chi connectivity index (χ0n) is 11.9. The number of piperidine rings is 1. The van der Waals surface area contributed by atoms with E-state index in [2.05, 4.69) is 5.32 Å². The molecule has 0 atom stereocenters. The van der Waals surface area contributed by atoms with Crippen molar-refractivity contribution in [3.63, 3.8) is 0 Å². The van der Waals surface area contributed by atoms with Crippen molar-refractivity contribution in [2.75, 3.05) is 25.0 Å². The smallest absolute Gasteiger partial charge is 0.321 e. The summed E-state index contributed by atoms with van der Waals surface area (Å²) in [4.78, 5) is 14.0. The number of nitrogens with two attached hydrogens (primary N) is 1. The Morgan fingerprint density at radius 3 is 2.75 bits per heavy atom. The molecule has 5 heteroatoms. The highest BCUT2D eigenvalue weighted by atomic mass is 35.5. The summed E-state index contributed by atoms with van der Waals surface area (Å²) in [5.41, 5.74) is 7.33. The zero-order chi connectivity index (χ0) is 14.5. The van der Waals surface area contributed by atoms with Crippen LogP contribution in [0, 0.1) is 12.8 Å². The maximum absolute atomic E-state index is 12.2. The Hall–Kier alpha value is -1.26. The van der Waals surface area contributed by atoms with Crippen molar-refractivity contribution in [1.82, 2.24) is 4.90 Å². The van der Waals surface area contributed by atoms with Crippen LogP contribution in [0.4, 0.5) is 10.5 Å². The number of rotatable bonds is 3. The predicted molar refractivity (Wildman–Crippen MR) is 83.2 cm³/mol. The van der Waals surface area contributed by atoms with Gasteiger partial charge in [-0.15, -0.1) is 0 Å². The molecule has 0 bridgehead atoms. The lowest BCUT2D eigenvalue weighted by Crippen LogP contribution is -2.41. The fraction of sp³-hybridized carbons (Fsp3) is 0.533. The van der Waals surface area contributed by atoms with Crippen molar-refractivity contribution < 1.29 is 4.79 Å². The number of benzene rings is 1. The number of anilines is 1. The van der Waals surface area contributed by atoms with Gasteiger partial charge >= 0.3 is 6.03 Å². The van der Waals surface area contributed by atoms with Gasteiger partial charge in [0.05, 0.1) is 0 Å². The number of nitrogens with zero attached hydrogens (tertiary/aromatic N) is 1. The van der Waals surface area contributed by atoms with E-state index in [-0.39, 0.29) is 6.03 Å². The molecule has 1 heterocycles. The second-order valence-corrected chi connectivity index (χ2v) is 5.81. The summed E-state index contributed by atoms with van der Waals surface area (Å²) in [6.07, 6.45) is 3.14. The van der Waals surface area contributed by atoms with Crippen LogP contribution < -0.4 is 11.1 Å². The Morgan fingerprint density at radius 1 is 1.45 bits per heavy atom. The third kappa shape index (κ3) is 3.87. The minimum absolute atomic E-state index is 0.0453. The average Bonchev–Trinajstić information content (AvgIpc) is 2.44. The molecular formula is C15H22ClN3O. The fourth-order valence-electron chi connectivity index (χ4n) is 2.53. The lowest BCUT2D eigenvalue weighted by Gasteiger charge is -2.31. The van der Waals surface area contributed by atoms with E-state index in [1.54, 1.807) is 6.07 Å². The Balaban J connectivity index is 1.88. The number of halogens is 1. The van der Waals surface area contributed by atoms with Crippen LogP contribution >= 0.6 is 11.6 Å². The lowest BCUT2D eigenvalue weighted by molar-refractivity contribution is 0.180. The van der Waals surface area contributed by atoms with Gasteiger partial charge < -0.3 is 16.0 Å². The summed E-state index contributed by atoms with van der Waals surface area (Å²) in [6, 6.07) is 5.53. The maximum Gasteiger partial charge on any atom is 0.321 e. The molecule has 4 nitrogen and oxygen atoms in total. The Labute approximate surface area is 125 Å². The Bertz CT molecular complexity index is 470. The van der Waals surface area contributed by atoms with E-state index < -0.39 is 0 Å². The maximum atomic E-state index is 12.2. The molecule has 2 amide bonds. The highest BCUT2D eigenvalue weighted by Gasteiger charge is 2.22. The third-order valence-electron chi connectivity index (χ3n) is 3.90. The highest BCUT2D eigenvalue weighted by molar-refractivity contribution is 6.31. The van der Waals surface area contributed by atoms with Gasteiger partial charge in [-0.1, -0.05) is 17.7 Å². The van der Waals surface area contributed by atoms with Crippen LogP contribution in [0.2, 0.25) is 5.02 Å². The SMILES string of the molecule is Cc1ccc(NC(=O)N2CCC(CCN)CC2)cc1Cl. The number of hydrogen-bond donors (Lipinski definition) is 2. The summed E-state index contributed by atoms with van der Waals surface area (Å²) >= 11 is 6.06. The third-order valence-corrected chi connectivity index (χ3v) is 4.31. The van der Waals surface area contributed by atoms with Gasteiger partial charge in [0.1, 0.15) is 0 Å². The van der Waals surface area contributed by atoms with Crippen molar-refractivity contribution in [3.05, 3.63) is 28.8 Å². The summed E-state index contributed by atoms with van der Waals surface area (Å²) < 4.78 is 0. The molecule has 2 rings (SSSR count). The first-order valence-corrected chi connectivity index (χ1v) is 7.50. The lowest BCUT2D eigenvalue weighted by atomic mass is 9.94. The molecule has 110 valence electrons. The van der Waals surface area contributed by atoms with E-state index in [0.717, 1.165) is 50.1 Å². The van der Waals surface area contributed by atoms with Gasteiger partial charge in [0.15, 0.2) is 0 Å². The van der Waals surface area contributed by atoms with Crippen molar-refractivity contribution in [2.45, 2.75) is 26.2 Å². The number of urea groups is 1. The molecule has 20 heavy (non-hydrogen) atoms. The first-order chi connectivity index (χ1) is 9.60. The molecule has 1 aromatic rings. The largest absolute Gasteiger partial charge is 0.330 e. The first-order valence-electron chi connectivity index (χ1n) is 7.12. The summed E-state index contributed by atoms with van der Waals surface area (Å²) in [7, 11) is 0. The number of likely N-dealkylation sites (tertiary alicyclic amines) is 1. The molecule has 1 aliphatic rings. The number of carbonyl (C=O) groups is 1. The van der Waals surface area contributed by atoms with Gasteiger partial charge in [-0.3, -0.25) is 0 Å². The molecule has 0 aliphatic carbocycles. The molecule has 1 fully saturated rings. The zero-order valence-corrected chi connectivity index (χ0v) is 12.6. The van der Waals surface area contributed by atoms with Gasteiger partial charge in [0.25, 0.3) is 0 Å². The fourth-order valence-corrected chi connectivity index (χ4v) is 2.71. The quantitative estimate of drug-likeness (QED) is 0.899. The minimum Gasteiger partial charge on any atom is -0.330 e. The number of hydrogen-bond acceptors (Lipinski definition) is 2. The predicted octanol–water partition coefficient (Wildman–Crippen LogP) is 3.24. The van der Waals surface area contributed by atoms with E-state index in [1.165, 1.54) is 0 Å². The Morgan fingerprint density at radius 2 is 2.15 bits per heavy atom. The van der Waals surface area contributed by atoms with Crippen molar-refractivity contribution in [3.8, 4) is 0 Å². The number of amides is 2. The van der Waals surface area contributed by atoms with Crippen molar-refractivity contribution >= 4 is 23.3 Å². The Kier molecular flexibility index (Phi) is 5.26. The molecule has 3 N–H and O–H groups in total. The number of aryl methyl sites for hydroxylation is 1. The van der Waals surface area contributed by atoms with Crippen LogP contribution in [0.25, 0.3) is 0 Å². The van der Waals surface area contributed by atoms with Gasteiger partial charge in [-0.2, -0.15) is 0 Å². The second-order valence-electron chi connectivity index (χ2n) is 5.40. The first kappa shape index (κ1) is 15.1. The van der Waals surface area contributed by atoms with Crippen LogP contribution in [0.5, 0.6) is 0 Å². The van der Waals surface area contributed by atoms with Crippen LogP contribution in [0.3, 0.4) is 0 Å². The molecule has 0 radical (unpaired) electrons. The highest BCUT2D eigenvalue weighted by Crippen LogP contribution is 2.22. The van der Waals surface area contributed by atoms with Crippen LogP contribution in [-0.4, -0.2) is 30.6 Å². The summed E-state index contributed by atoms with van der Waals surface area (Å²) in [5.74, 6) is 0.665. The molecule has 0 saturated carbocycles. The second kappa shape index (κ2) is 6.95. The summed E-state index contributed by atoms with van der Waals surface area (Å²) in [6.45, 7) is 4.28. The monoisotopic (exact) mass is 295 g/mol. The van der Waals surface area contributed by atoms with Crippen molar-refractivity contribution in [1.29, 1.82) is 0 Å². The van der Waals surface area contributed by atoms with Gasteiger partial charge in [-0.25, -0.2) is 4.79 Å². The molecular weight excluding hydrogens is 274 g/mol.